The second kappa shape index (κ2) is 8.79. The zero-order valence-corrected chi connectivity index (χ0v) is 25.2. The van der Waals surface area contributed by atoms with E-state index in [4.69, 9.17) is 13.6 Å². The quantitative estimate of drug-likeness (QED) is 0.385. The van der Waals surface area contributed by atoms with Crippen molar-refractivity contribution in [3.8, 4) is 5.75 Å². The van der Waals surface area contributed by atoms with Crippen molar-refractivity contribution in [1.82, 2.24) is 0 Å². The number of hydrogen-bond donors (Lipinski definition) is 1. The molecule has 0 radical (unpaired) electrons. The van der Waals surface area contributed by atoms with E-state index in [2.05, 4.69) is 89.7 Å². The molecule has 1 N–H and O–H groups in total. The molecule has 1 aliphatic carbocycles. The van der Waals surface area contributed by atoms with Crippen LogP contribution in [0.3, 0.4) is 0 Å². The summed E-state index contributed by atoms with van der Waals surface area (Å²) in [6.45, 7) is 23.8. The SMILES string of the molecule is CC(C)(C)[Si](C)(C)OC[C@@H]1[C@H]2c3cc(Br)cc(CO)c3O[C@H]2C[C@H]1O[Si](C)(C)C(C)(C)C. The molecule has 4 nitrogen and oxygen atoms in total. The van der Waals surface area contributed by atoms with E-state index < -0.39 is 16.6 Å². The fourth-order valence-electron chi connectivity index (χ4n) is 4.37. The highest BCUT2D eigenvalue weighted by atomic mass is 79.9. The summed E-state index contributed by atoms with van der Waals surface area (Å²) in [5.41, 5.74) is 2.05. The van der Waals surface area contributed by atoms with E-state index in [0.29, 0.717) is 6.61 Å². The standard InChI is InChI=1S/C25H43BrO4Si2/c1-24(2,3)31(7,8)28-15-19-20(30-32(9,10)25(4,5)6)13-21-22(19)18-12-17(26)11-16(14-27)23(18)29-21/h11-12,19-22,27H,13-15H2,1-10H3/t19-,20+,21-,22+/m0/s1. The van der Waals surface area contributed by atoms with Crippen LogP contribution in [0.5, 0.6) is 5.75 Å². The molecule has 1 fully saturated rings. The Morgan fingerprint density at radius 1 is 1.03 bits per heavy atom. The Bertz CT molecular complexity index is 842. The smallest absolute Gasteiger partial charge is 0.192 e. The molecule has 0 saturated heterocycles. The monoisotopic (exact) mass is 542 g/mol. The van der Waals surface area contributed by atoms with Crippen molar-refractivity contribution < 1.29 is 18.7 Å². The van der Waals surface area contributed by atoms with Crippen LogP contribution in [0, 0.1) is 5.92 Å². The van der Waals surface area contributed by atoms with Gasteiger partial charge in [-0.3, -0.25) is 0 Å². The predicted octanol–water partition coefficient (Wildman–Crippen LogP) is 7.22. The summed E-state index contributed by atoms with van der Waals surface area (Å²) in [5, 5.41) is 10.2. The van der Waals surface area contributed by atoms with Crippen LogP contribution in [0.25, 0.3) is 0 Å². The summed E-state index contributed by atoms with van der Waals surface area (Å²) in [4.78, 5) is 0. The van der Waals surface area contributed by atoms with E-state index >= 15 is 0 Å². The number of halogens is 1. The maximum atomic E-state index is 9.91. The minimum Gasteiger partial charge on any atom is -0.489 e. The molecule has 1 aromatic carbocycles. The fourth-order valence-corrected chi connectivity index (χ4v) is 7.31. The third kappa shape index (κ3) is 4.94. The molecule has 0 spiro atoms. The zero-order chi connectivity index (χ0) is 24.3. The molecule has 0 bridgehead atoms. The van der Waals surface area contributed by atoms with E-state index in [9.17, 15) is 5.11 Å². The number of hydrogen-bond acceptors (Lipinski definition) is 4. The summed E-state index contributed by atoms with van der Waals surface area (Å²) in [5.74, 6) is 1.34. The first kappa shape index (κ1) is 26.4. The van der Waals surface area contributed by atoms with Gasteiger partial charge < -0.3 is 18.7 Å². The lowest BCUT2D eigenvalue weighted by Gasteiger charge is -2.42. The third-order valence-corrected chi connectivity index (χ3v) is 17.9. The Morgan fingerprint density at radius 2 is 1.62 bits per heavy atom. The Balaban J connectivity index is 1.96. The predicted molar refractivity (Wildman–Crippen MR) is 141 cm³/mol. The molecule has 1 aromatic rings. The zero-order valence-electron chi connectivity index (χ0n) is 21.6. The van der Waals surface area contributed by atoms with Gasteiger partial charge in [-0.1, -0.05) is 57.5 Å². The van der Waals surface area contributed by atoms with Crippen molar-refractivity contribution in [3.05, 3.63) is 27.7 Å². The van der Waals surface area contributed by atoms with Gasteiger partial charge in [0, 0.05) is 40.5 Å². The van der Waals surface area contributed by atoms with Crippen molar-refractivity contribution in [2.24, 2.45) is 5.92 Å². The molecule has 32 heavy (non-hydrogen) atoms. The Kier molecular flexibility index (Phi) is 7.26. The van der Waals surface area contributed by atoms with Gasteiger partial charge in [0.1, 0.15) is 11.9 Å². The second-order valence-electron chi connectivity index (χ2n) is 12.7. The van der Waals surface area contributed by atoms with E-state index in [1.807, 2.05) is 6.07 Å². The first-order valence-corrected chi connectivity index (χ1v) is 18.5. The van der Waals surface area contributed by atoms with Crippen molar-refractivity contribution in [2.45, 2.75) is 109 Å². The largest absolute Gasteiger partial charge is 0.489 e. The van der Waals surface area contributed by atoms with Gasteiger partial charge in [0.25, 0.3) is 0 Å². The number of aliphatic hydroxyl groups is 1. The normalized spacial score (nSPS) is 26.1. The molecule has 182 valence electrons. The Hall–Kier alpha value is -0.186. The lowest BCUT2D eigenvalue weighted by atomic mass is 9.88. The van der Waals surface area contributed by atoms with Gasteiger partial charge in [0.2, 0.25) is 0 Å². The van der Waals surface area contributed by atoms with E-state index in [1.54, 1.807) is 0 Å². The van der Waals surface area contributed by atoms with Gasteiger partial charge in [0.15, 0.2) is 16.6 Å². The molecule has 1 saturated carbocycles. The summed E-state index contributed by atoms with van der Waals surface area (Å²) in [6.07, 6.45) is 1.08. The molecular formula is C25H43BrO4Si2. The van der Waals surface area contributed by atoms with Crippen LogP contribution in [0.2, 0.25) is 36.3 Å². The summed E-state index contributed by atoms with van der Waals surface area (Å²) in [7, 11) is -3.84. The molecule has 0 unspecified atom stereocenters. The third-order valence-electron chi connectivity index (χ3n) is 8.46. The van der Waals surface area contributed by atoms with Crippen LogP contribution in [-0.4, -0.2) is 40.6 Å². The first-order chi connectivity index (χ1) is 14.5. The molecule has 7 heteroatoms. The molecule has 0 amide bonds. The van der Waals surface area contributed by atoms with E-state index in [-0.39, 0.29) is 40.7 Å². The summed E-state index contributed by atoms with van der Waals surface area (Å²) < 4.78 is 21.2. The van der Waals surface area contributed by atoms with Crippen LogP contribution < -0.4 is 4.74 Å². The minimum absolute atomic E-state index is 0.0176. The summed E-state index contributed by atoms with van der Waals surface area (Å²) >= 11 is 3.64. The highest BCUT2D eigenvalue weighted by Crippen LogP contribution is 2.54. The van der Waals surface area contributed by atoms with Gasteiger partial charge >= 0.3 is 0 Å². The van der Waals surface area contributed by atoms with Gasteiger partial charge in [-0.05, 0) is 48.4 Å². The first-order valence-electron chi connectivity index (χ1n) is 11.9. The van der Waals surface area contributed by atoms with Gasteiger partial charge in [-0.15, -0.1) is 0 Å². The Labute approximate surface area is 205 Å². The van der Waals surface area contributed by atoms with Crippen molar-refractivity contribution in [3.63, 3.8) is 0 Å². The molecule has 4 atom stereocenters. The van der Waals surface area contributed by atoms with Gasteiger partial charge in [-0.2, -0.15) is 0 Å². The number of rotatable bonds is 6. The summed E-state index contributed by atoms with van der Waals surface area (Å²) in [6, 6.07) is 4.14. The molecule has 3 rings (SSSR count). The molecule has 2 aliphatic rings. The lowest BCUT2D eigenvalue weighted by Crippen LogP contribution is -2.47. The van der Waals surface area contributed by atoms with Crippen molar-refractivity contribution >= 4 is 32.6 Å². The van der Waals surface area contributed by atoms with Crippen LogP contribution in [0.4, 0.5) is 0 Å². The molecule has 1 heterocycles. The van der Waals surface area contributed by atoms with Gasteiger partial charge in [0.05, 0.1) is 12.7 Å². The van der Waals surface area contributed by atoms with E-state index in [0.717, 1.165) is 22.2 Å². The average molecular weight is 544 g/mol. The van der Waals surface area contributed by atoms with Crippen LogP contribution >= 0.6 is 15.9 Å². The van der Waals surface area contributed by atoms with Crippen LogP contribution in [0.15, 0.2) is 16.6 Å². The number of fused-ring (bicyclic) bond motifs is 3. The second-order valence-corrected chi connectivity index (χ2v) is 23.2. The number of benzene rings is 1. The number of aliphatic hydroxyl groups excluding tert-OH is 1. The van der Waals surface area contributed by atoms with Crippen molar-refractivity contribution in [2.75, 3.05) is 6.61 Å². The highest BCUT2D eigenvalue weighted by molar-refractivity contribution is 9.10. The molecular weight excluding hydrogens is 500 g/mol. The maximum absolute atomic E-state index is 9.91. The topological polar surface area (TPSA) is 47.9 Å². The Morgan fingerprint density at radius 3 is 2.16 bits per heavy atom. The van der Waals surface area contributed by atoms with Crippen LogP contribution in [0.1, 0.15) is 65.0 Å². The van der Waals surface area contributed by atoms with Crippen LogP contribution in [-0.2, 0) is 15.5 Å². The molecule has 1 aliphatic heterocycles. The van der Waals surface area contributed by atoms with E-state index in [1.165, 1.54) is 5.56 Å². The number of ether oxygens (including phenoxy) is 1. The van der Waals surface area contributed by atoms with Gasteiger partial charge in [-0.25, -0.2) is 0 Å². The minimum atomic E-state index is -1.94. The average Bonchev–Trinajstić information content (AvgIpc) is 3.13. The maximum Gasteiger partial charge on any atom is 0.192 e. The fraction of sp³-hybridized carbons (Fsp3) is 0.760. The van der Waals surface area contributed by atoms with Crippen molar-refractivity contribution in [1.29, 1.82) is 0 Å². The lowest BCUT2D eigenvalue weighted by molar-refractivity contribution is 0.0936. The highest BCUT2D eigenvalue weighted by Gasteiger charge is 2.54. The molecule has 0 aromatic heterocycles.